The molecule has 0 saturated heterocycles. The van der Waals surface area contributed by atoms with Gasteiger partial charge in [-0.25, -0.2) is 0 Å². The first-order chi connectivity index (χ1) is 40.8. The van der Waals surface area contributed by atoms with Gasteiger partial charge in [0.15, 0.2) is 18.2 Å². The summed E-state index contributed by atoms with van der Waals surface area (Å²) in [5, 5.41) is 14.0. The van der Waals surface area contributed by atoms with E-state index in [1.165, 1.54) is 0 Å². The van der Waals surface area contributed by atoms with Crippen LogP contribution in [0.15, 0.2) is 218 Å². The fourth-order valence-electron chi connectivity index (χ4n) is 13.0. The minimum Gasteiger partial charge on any atom is -0.507 e. The lowest BCUT2D eigenvalue weighted by Crippen LogP contribution is -2.40. The van der Waals surface area contributed by atoms with Gasteiger partial charge in [-0.05, 0) is 98.5 Å². The van der Waals surface area contributed by atoms with E-state index in [4.69, 9.17) is 18.5 Å². The molecule has 4 aliphatic rings. The topological polar surface area (TPSA) is 142 Å². The van der Waals surface area contributed by atoms with E-state index in [-0.39, 0.29) is 36.5 Å². The van der Waals surface area contributed by atoms with Crippen molar-refractivity contribution < 1.29 is 47.1 Å². The van der Waals surface area contributed by atoms with Crippen LogP contribution in [0.2, 0.25) is 0 Å². The highest BCUT2D eigenvalue weighted by Crippen LogP contribution is 2.60. The molecule has 0 saturated carbocycles. The Hall–Kier alpha value is -9.33. The second-order valence-corrected chi connectivity index (χ2v) is 27.2. The number of hydrogen-bond donors (Lipinski definition) is 1. The summed E-state index contributed by atoms with van der Waals surface area (Å²) in [6, 6.07) is 67.6. The molecule has 0 aromatic heterocycles. The molecule has 4 atom stereocenters. The van der Waals surface area contributed by atoms with Crippen molar-refractivity contribution in [3.8, 4) is 73.3 Å². The van der Waals surface area contributed by atoms with Crippen molar-refractivity contribution in [1.29, 1.82) is 0 Å². The highest BCUT2D eigenvalue weighted by atomic mass is 31.2. The molecule has 1 N–H and O–H groups in total. The van der Waals surface area contributed by atoms with E-state index in [1.807, 2.05) is 208 Å². The molecule has 4 heterocycles. The normalized spacial score (nSPS) is 19.5. The van der Waals surface area contributed by atoms with Crippen molar-refractivity contribution >= 4 is 43.9 Å². The summed E-state index contributed by atoms with van der Waals surface area (Å²) in [5.74, 6) is 0.267. The number of carbonyl (C=O) groups is 3. The average Bonchev–Trinajstić information content (AvgIpc) is 1.35. The molecule has 14 rings (SSSR count). The number of ether oxygens (including phenoxy) is 2. The highest BCUT2D eigenvalue weighted by Gasteiger charge is 2.45. The van der Waals surface area contributed by atoms with Crippen molar-refractivity contribution in [2.24, 2.45) is 0 Å². The van der Waals surface area contributed by atoms with Crippen LogP contribution in [-0.4, -0.2) is 23.6 Å². The summed E-state index contributed by atoms with van der Waals surface area (Å²) in [7, 11) is -7.76. The molecule has 0 bridgehead atoms. The Morgan fingerprint density at radius 2 is 0.940 bits per heavy atom. The molecule has 0 amide bonds. The molecule has 4 unspecified atom stereocenters. The molecule has 10 aromatic rings. The lowest BCUT2D eigenvalue weighted by atomic mass is 9.73. The Morgan fingerprint density at radius 3 is 1.54 bits per heavy atom. The van der Waals surface area contributed by atoms with Crippen LogP contribution >= 0.6 is 14.7 Å². The molecule has 0 spiro atoms. The fourth-order valence-corrected chi connectivity index (χ4v) is 17.7. The van der Waals surface area contributed by atoms with E-state index in [2.05, 4.69) is 0 Å². The smallest absolute Gasteiger partial charge is 0.319 e. The van der Waals surface area contributed by atoms with E-state index >= 15 is 9.13 Å². The van der Waals surface area contributed by atoms with Crippen LogP contribution in [0.4, 0.5) is 0 Å². The van der Waals surface area contributed by atoms with Gasteiger partial charge in [0, 0.05) is 50.8 Å². The van der Waals surface area contributed by atoms with E-state index in [0.717, 1.165) is 62.6 Å². The van der Waals surface area contributed by atoms with Crippen LogP contribution in [0, 0.1) is 0 Å². The number of aldehydes is 2. The predicted octanol–water partition coefficient (Wildman–Crippen LogP) is 15.5. The lowest BCUT2D eigenvalue weighted by Gasteiger charge is -2.37. The maximum absolute atomic E-state index is 16.0. The SMILES string of the molecule is CC(C)(c1cc(CC2(C=O)Oc3ccccc3-c3ccccc32)c(O)c(CP2(=O)Oc3ccccc3-c3ccccc32)c1)c1cc(CC2C(=O)Oc3ccccc3-c3ccccc32)c(C=O)c(CP2(=O)Oc3ccccc3-c3ccccc32)c1. The number of hydrogen-bond acceptors (Lipinski definition) is 10. The Morgan fingerprint density at radius 1 is 0.500 bits per heavy atom. The molecule has 10 aromatic carbocycles. The number of para-hydroxylation sites is 4. The quantitative estimate of drug-likeness (QED) is 0.0544. The van der Waals surface area contributed by atoms with Crippen LogP contribution in [0.3, 0.4) is 0 Å². The maximum atomic E-state index is 16.0. The largest absolute Gasteiger partial charge is 0.507 e. The summed E-state index contributed by atoms with van der Waals surface area (Å²) >= 11 is 0. The molecule has 0 aliphatic carbocycles. The van der Waals surface area contributed by atoms with Gasteiger partial charge >= 0.3 is 5.97 Å². The predicted molar refractivity (Wildman–Crippen MR) is 327 cm³/mol. The van der Waals surface area contributed by atoms with Gasteiger partial charge in [-0.1, -0.05) is 196 Å². The third-order valence-corrected chi connectivity index (χ3v) is 22.0. The third-order valence-electron chi connectivity index (χ3n) is 17.3. The van der Waals surface area contributed by atoms with Crippen LogP contribution in [0.1, 0.15) is 74.6 Å². The standard InChI is InChI=1S/C72H54O10P2/c1-71(2,50-36-46(40-72(44-74)62-28-12-5-21-53(62)55-23-7-14-30-64(55)80-72)69(75)48(38-50)43-84(78)68-34-18-11-27-59(68)57-25-9-16-32-66(57)82-84)49-35-45(39-60-52-20-4-3-19-51(52)54-22-6-13-29-63(54)79-70(60)76)61(41-73)47(37-49)42-83(77)67-33-17-10-26-58(67)56-24-8-15-31-65(56)81-83/h3-38,41,44,60,75H,39-40,42-43H2,1-2H3. The van der Waals surface area contributed by atoms with Gasteiger partial charge in [0.1, 0.15) is 28.7 Å². The van der Waals surface area contributed by atoms with Gasteiger partial charge in [0.05, 0.1) is 28.9 Å². The summed E-state index contributed by atoms with van der Waals surface area (Å²) in [6.45, 7) is 4.02. The molecule has 412 valence electrons. The minimum atomic E-state index is -3.88. The summed E-state index contributed by atoms with van der Waals surface area (Å²) in [5.41, 5.74) is 8.10. The van der Waals surface area contributed by atoms with Crippen molar-refractivity contribution in [3.05, 3.63) is 268 Å². The van der Waals surface area contributed by atoms with Gasteiger partial charge in [-0.3, -0.25) is 23.5 Å². The van der Waals surface area contributed by atoms with E-state index in [0.29, 0.717) is 72.6 Å². The lowest BCUT2D eigenvalue weighted by molar-refractivity contribution is -0.136. The number of esters is 1. The average molecular weight is 1140 g/mol. The zero-order valence-electron chi connectivity index (χ0n) is 45.9. The first-order valence-corrected chi connectivity index (χ1v) is 31.6. The van der Waals surface area contributed by atoms with E-state index in [9.17, 15) is 19.5 Å². The molecule has 0 radical (unpaired) electrons. The first-order valence-electron chi connectivity index (χ1n) is 27.9. The number of fused-ring (bicyclic) bond motifs is 12. The van der Waals surface area contributed by atoms with Gasteiger partial charge < -0.3 is 23.6 Å². The molecular formula is C72H54O10P2. The summed E-state index contributed by atoms with van der Waals surface area (Å²) in [6.07, 6.45) is 1.02. The molecule has 12 heteroatoms. The van der Waals surface area contributed by atoms with Crippen LogP contribution in [-0.2, 0) is 54.9 Å². The first kappa shape index (κ1) is 52.7. The number of aromatic hydroxyl groups is 1. The highest BCUT2D eigenvalue weighted by molar-refractivity contribution is 7.67. The van der Waals surface area contributed by atoms with Crippen LogP contribution in [0.25, 0.3) is 44.5 Å². The van der Waals surface area contributed by atoms with Crippen molar-refractivity contribution in [1.82, 2.24) is 0 Å². The van der Waals surface area contributed by atoms with Crippen molar-refractivity contribution in [2.75, 3.05) is 0 Å². The summed E-state index contributed by atoms with van der Waals surface area (Å²) < 4.78 is 58.1. The van der Waals surface area contributed by atoms with Crippen molar-refractivity contribution in [2.45, 2.75) is 55.9 Å². The second kappa shape index (κ2) is 20.2. The van der Waals surface area contributed by atoms with Gasteiger partial charge in [-0.2, -0.15) is 0 Å². The maximum Gasteiger partial charge on any atom is 0.319 e. The third kappa shape index (κ3) is 8.66. The number of benzene rings is 10. The van der Waals surface area contributed by atoms with Gasteiger partial charge in [-0.15, -0.1) is 0 Å². The van der Waals surface area contributed by atoms with E-state index < -0.39 is 37.6 Å². The second-order valence-electron chi connectivity index (χ2n) is 22.6. The fraction of sp³-hybridized carbons (Fsp3) is 0.125. The minimum absolute atomic E-state index is 0.0208. The monoisotopic (exact) mass is 1140 g/mol. The van der Waals surface area contributed by atoms with Crippen molar-refractivity contribution in [3.63, 3.8) is 0 Å². The molecule has 4 aliphatic heterocycles. The van der Waals surface area contributed by atoms with Crippen LogP contribution < -0.4 is 29.1 Å². The Bertz CT molecular complexity index is 4500. The number of phenols is 1. The van der Waals surface area contributed by atoms with Crippen LogP contribution in [0.5, 0.6) is 28.7 Å². The van der Waals surface area contributed by atoms with E-state index in [1.54, 1.807) is 24.3 Å². The zero-order valence-corrected chi connectivity index (χ0v) is 47.6. The molecular weight excluding hydrogens is 1090 g/mol. The molecule has 84 heavy (non-hydrogen) atoms. The number of phenolic OH excluding ortho intramolecular Hbond substituents is 1. The zero-order chi connectivity index (χ0) is 57.5. The Balaban J connectivity index is 0.961. The molecule has 0 fully saturated rings. The Labute approximate surface area is 486 Å². The van der Waals surface area contributed by atoms with Gasteiger partial charge in [0.25, 0.3) is 14.7 Å². The Kier molecular flexibility index (Phi) is 12.7. The summed E-state index contributed by atoms with van der Waals surface area (Å²) in [4.78, 5) is 42.8. The van der Waals surface area contributed by atoms with Gasteiger partial charge in [0.2, 0.25) is 0 Å². The molecule has 10 nitrogen and oxygen atoms in total. The number of rotatable bonds is 12. The number of carbonyl (C=O) groups excluding carboxylic acids is 3.